The highest BCUT2D eigenvalue weighted by molar-refractivity contribution is 6.29. The first-order valence-electron chi connectivity index (χ1n) is 6.29. The lowest BCUT2D eigenvalue weighted by atomic mass is 10.2. The zero-order chi connectivity index (χ0) is 15.2. The van der Waals surface area contributed by atoms with E-state index in [1.165, 1.54) is 12.1 Å². The Morgan fingerprint density at radius 3 is 2.33 bits per heavy atom. The number of hydrogen-bond donors (Lipinski definition) is 2. The van der Waals surface area contributed by atoms with Crippen molar-refractivity contribution >= 4 is 29.1 Å². The lowest BCUT2D eigenvalue weighted by Gasteiger charge is -2.06. The SMILES string of the molecule is CCNC(=O)c1ccc(NC(=O)c2ccc(Cl)nn2)cc1. The van der Waals surface area contributed by atoms with Crippen LogP contribution in [-0.4, -0.2) is 28.6 Å². The third-order valence-corrected chi connectivity index (χ3v) is 2.81. The first-order valence-corrected chi connectivity index (χ1v) is 6.67. The molecule has 21 heavy (non-hydrogen) atoms. The number of rotatable bonds is 4. The van der Waals surface area contributed by atoms with Crippen LogP contribution in [0.2, 0.25) is 5.15 Å². The highest BCUT2D eigenvalue weighted by Crippen LogP contribution is 2.11. The molecule has 7 heteroatoms. The van der Waals surface area contributed by atoms with Gasteiger partial charge in [0.2, 0.25) is 0 Å². The highest BCUT2D eigenvalue weighted by atomic mass is 35.5. The molecule has 2 amide bonds. The van der Waals surface area contributed by atoms with E-state index in [4.69, 9.17) is 11.6 Å². The summed E-state index contributed by atoms with van der Waals surface area (Å²) in [5.41, 5.74) is 1.25. The minimum absolute atomic E-state index is 0.154. The van der Waals surface area contributed by atoms with Crippen molar-refractivity contribution < 1.29 is 9.59 Å². The van der Waals surface area contributed by atoms with Crippen molar-refractivity contribution in [2.24, 2.45) is 0 Å². The van der Waals surface area contributed by atoms with E-state index in [-0.39, 0.29) is 16.8 Å². The van der Waals surface area contributed by atoms with Crippen LogP contribution >= 0.6 is 11.6 Å². The molecule has 0 aliphatic carbocycles. The number of halogens is 1. The Labute approximate surface area is 126 Å². The molecular formula is C14H13ClN4O2. The van der Waals surface area contributed by atoms with Gasteiger partial charge in [-0.05, 0) is 43.3 Å². The average molecular weight is 305 g/mol. The lowest BCUT2D eigenvalue weighted by Crippen LogP contribution is -2.22. The molecule has 1 aromatic carbocycles. The summed E-state index contributed by atoms with van der Waals surface area (Å²) < 4.78 is 0. The molecule has 0 atom stereocenters. The topological polar surface area (TPSA) is 84.0 Å². The largest absolute Gasteiger partial charge is 0.352 e. The van der Waals surface area contributed by atoms with Crippen LogP contribution < -0.4 is 10.6 Å². The molecule has 0 saturated carbocycles. The number of carbonyl (C=O) groups excluding carboxylic acids is 2. The second-order valence-electron chi connectivity index (χ2n) is 4.13. The van der Waals surface area contributed by atoms with E-state index in [2.05, 4.69) is 20.8 Å². The Kier molecular flexibility index (Phi) is 4.84. The van der Waals surface area contributed by atoms with Crippen molar-refractivity contribution in [2.45, 2.75) is 6.92 Å². The molecule has 1 aromatic heterocycles. The van der Waals surface area contributed by atoms with Crippen LogP contribution in [0.5, 0.6) is 0 Å². The normalized spacial score (nSPS) is 10.0. The molecule has 0 spiro atoms. The molecule has 0 aliphatic rings. The molecule has 1 heterocycles. The third kappa shape index (κ3) is 4.00. The smallest absolute Gasteiger partial charge is 0.276 e. The highest BCUT2D eigenvalue weighted by Gasteiger charge is 2.09. The van der Waals surface area contributed by atoms with E-state index in [0.29, 0.717) is 17.8 Å². The molecule has 108 valence electrons. The first-order chi connectivity index (χ1) is 10.1. The minimum atomic E-state index is -0.398. The number of aromatic nitrogens is 2. The summed E-state index contributed by atoms with van der Waals surface area (Å²) in [6.07, 6.45) is 0. The number of anilines is 1. The number of nitrogens with one attached hydrogen (secondary N) is 2. The van der Waals surface area contributed by atoms with Crippen LogP contribution in [0.15, 0.2) is 36.4 Å². The van der Waals surface area contributed by atoms with E-state index >= 15 is 0 Å². The van der Waals surface area contributed by atoms with E-state index in [9.17, 15) is 9.59 Å². The molecule has 0 bridgehead atoms. The van der Waals surface area contributed by atoms with Crippen LogP contribution in [0, 0.1) is 0 Å². The van der Waals surface area contributed by atoms with Gasteiger partial charge < -0.3 is 10.6 Å². The number of carbonyl (C=O) groups is 2. The summed E-state index contributed by atoms with van der Waals surface area (Å²) in [7, 11) is 0. The van der Waals surface area contributed by atoms with E-state index in [0.717, 1.165) is 0 Å². The minimum Gasteiger partial charge on any atom is -0.352 e. The van der Waals surface area contributed by atoms with E-state index < -0.39 is 5.91 Å². The molecule has 0 aliphatic heterocycles. The van der Waals surface area contributed by atoms with Crippen molar-refractivity contribution in [3.05, 3.63) is 52.8 Å². The first kappa shape index (κ1) is 14.9. The van der Waals surface area contributed by atoms with Gasteiger partial charge in [-0.25, -0.2) is 0 Å². The van der Waals surface area contributed by atoms with Crippen molar-refractivity contribution in [1.82, 2.24) is 15.5 Å². The molecule has 0 radical (unpaired) electrons. The van der Waals surface area contributed by atoms with Crippen LogP contribution in [0.3, 0.4) is 0 Å². The van der Waals surface area contributed by atoms with Crippen LogP contribution in [0.25, 0.3) is 0 Å². The van der Waals surface area contributed by atoms with Gasteiger partial charge in [0, 0.05) is 17.8 Å². The molecule has 2 aromatic rings. The van der Waals surface area contributed by atoms with Crippen molar-refractivity contribution in [1.29, 1.82) is 0 Å². The summed E-state index contributed by atoms with van der Waals surface area (Å²) >= 11 is 5.61. The second kappa shape index (κ2) is 6.81. The molecule has 0 unspecified atom stereocenters. The van der Waals surface area contributed by atoms with Gasteiger partial charge in [-0.3, -0.25) is 9.59 Å². The van der Waals surface area contributed by atoms with Gasteiger partial charge in [-0.1, -0.05) is 11.6 Å². The summed E-state index contributed by atoms with van der Waals surface area (Å²) in [4.78, 5) is 23.5. The maximum atomic E-state index is 11.9. The van der Waals surface area contributed by atoms with Gasteiger partial charge in [-0.2, -0.15) is 0 Å². The monoisotopic (exact) mass is 304 g/mol. The van der Waals surface area contributed by atoms with Crippen LogP contribution in [0.4, 0.5) is 5.69 Å². The van der Waals surface area contributed by atoms with Gasteiger partial charge in [0.15, 0.2) is 10.8 Å². The molecule has 0 saturated heterocycles. The van der Waals surface area contributed by atoms with Crippen molar-refractivity contribution in [2.75, 3.05) is 11.9 Å². The van der Waals surface area contributed by atoms with Gasteiger partial charge >= 0.3 is 0 Å². The fourth-order valence-corrected chi connectivity index (χ4v) is 1.70. The summed E-state index contributed by atoms with van der Waals surface area (Å²) in [6, 6.07) is 9.52. The maximum absolute atomic E-state index is 11.9. The number of hydrogen-bond acceptors (Lipinski definition) is 4. The summed E-state index contributed by atoms with van der Waals surface area (Å²) in [6.45, 7) is 2.41. The van der Waals surface area contributed by atoms with Gasteiger partial charge in [0.25, 0.3) is 11.8 Å². The predicted octanol–water partition coefficient (Wildman–Crippen LogP) is 2.13. The molecule has 2 rings (SSSR count). The molecule has 0 fully saturated rings. The standard InChI is InChI=1S/C14H13ClN4O2/c1-2-16-13(20)9-3-5-10(6-4-9)17-14(21)11-7-8-12(15)19-18-11/h3-8H,2H2,1H3,(H,16,20)(H,17,21). The molecule has 6 nitrogen and oxygen atoms in total. The molecule has 2 N–H and O–H groups in total. The number of amides is 2. The Morgan fingerprint density at radius 1 is 1.05 bits per heavy atom. The summed E-state index contributed by atoms with van der Waals surface area (Å²) in [5, 5.41) is 12.9. The summed E-state index contributed by atoms with van der Waals surface area (Å²) in [5.74, 6) is -0.552. The number of benzene rings is 1. The predicted molar refractivity (Wildman–Crippen MR) is 79.4 cm³/mol. The lowest BCUT2D eigenvalue weighted by molar-refractivity contribution is 0.0955. The zero-order valence-electron chi connectivity index (χ0n) is 11.3. The number of nitrogens with zero attached hydrogens (tertiary/aromatic N) is 2. The van der Waals surface area contributed by atoms with Gasteiger partial charge in [0.05, 0.1) is 0 Å². The maximum Gasteiger partial charge on any atom is 0.276 e. The average Bonchev–Trinajstić information content (AvgIpc) is 2.49. The second-order valence-corrected chi connectivity index (χ2v) is 4.52. The van der Waals surface area contributed by atoms with E-state index in [1.54, 1.807) is 24.3 Å². The van der Waals surface area contributed by atoms with Crippen molar-refractivity contribution in [3.63, 3.8) is 0 Å². The third-order valence-electron chi connectivity index (χ3n) is 2.61. The Morgan fingerprint density at radius 2 is 1.76 bits per heavy atom. The van der Waals surface area contributed by atoms with Gasteiger partial charge in [0.1, 0.15) is 0 Å². The fraction of sp³-hybridized carbons (Fsp3) is 0.143. The Balaban J connectivity index is 2.04. The van der Waals surface area contributed by atoms with E-state index in [1.807, 2.05) is 6.92 Å². The zero-order valence-corrected chi connectivity index (χ0v) is 12.0. The van der Waals surface area contributed by atoms with Crippen LogP contribution in [0.1, 0.15) is 27.8 Å². The van der Waals surface area contributed by atoms with Crippen LogP contribution in [-0.2, 0) is 0 Å². The Hall–Kier alpha value is -2.47. The quantitative estimate of drug-likeness (QED) is 0.906. The van der Waals surface area contributed by atoms with Crippen molar-refractivity contribution in [3.8, 4) is 0 Å². The molecular weight excluding hydrogens is 292 g/mol. The Bertz CT molecular complexity index is 641. The van der Waals surface area contributed by atoms with Gasteiger partial charge in [-0.15, -0.1) is 10.2 Å². The fourth-order valence-electron chi connectivity index (χ4n) is 1.60.